The fourth-order valence-corrected chi connectivity index (χ4v) is 0.962. The Kier molecular flexibility index (Phi) is 4.09. The molecule has 0 spiro atoms. The van der Waals surface area contributed by atoms with Crippen molar-refractivity contribution in [2.24, 2.45) is 5.84 Å². The third kappa shape index (κ3) is 2.82. The minimum atomic E-state index is 0.329. The van der Waals surface area contributed by atoms with Gasteiger partial charge in [-0.05, 0) is 6.92 Å². The van der Waals surface area contributed by atoms with Crippen LogP contribution in [0.2, 0.25) is 0 Å². The van der Waals surface area contributed by atoms with E-state index in [-0.39, 0.29) is 0 Å². The molecule has 78 valence electrons. The summed E-state index contributed by atoms with van der Waals surface area (Å²) in [6.45, 7) is 2.76. The number of ether oxygens (including phenoxy) is 2. The molecule has 0 aliphatic heterocycles. The summed E-state index contributed by atoms with van der Waals surface area (Å²) in [5, 5.41) is 0. The highest BCUT2D eigenvalue weighted by Crippen LogP contribution is 2.12. The first-order valence-electron chi connectivity index (χ1n) is 4.26. The summed E-state index contributed by atoms with van der Waals surface area (Å²) in [7, 11) is 1.58. The number of hydrazine groups is 1. The quantitative estimate of drug-likeness (QED) is 0.523. The first-order valence-corrected chi connectivity index (χ1v) is 4.26. The van der Waals surface area contributed by atoms with Gasteiger partial charge in [0.15, 0.2) is 5.82 Å². The van der Waals surface area contributed by atoms with Gasteiger partial charge >= 0.3 is 0 Å². The van der Waals surface area contributed by atoms with E-state index >= 15 is 0 Å². The second-order valence-electron chi connectivity index (χ2n) is 2.52. The van der Waals surface area contributed by atoms with Crippen molar-refractivity contribution < 1.29 is 9.47 Å². The summed E-state index contributed by atoms with van der Waals surface area (Å²) in [6, 6.07) is 1.63. The molecule has 1 aromatic heterocycles. The van der Waals surface area contributed by atoms with Gasteiger partial charge in [0.2, 0.25) is 5.88 Å². The monoisotopic (exact) mass is 198 g/mol. The number of nitrogen functional groups attached to an aromatic ring is 1. The molecule has 0 fully saturated rings. The summed E-state index contributed by atoms with van der Waals surface area (Å²) in [4.78, 5) is 8.18. The molecular weight excluding hydrogens is 184 g/mol. The topological polar surface area (TPSA) is 82.3 Å². The van der Waals surface area contributed by atoms with Crippen molar-refractivity contribution in [3.63, 3.8) is 0 Å². The number of hydrogen-bond acceptors (Lipinski definition) is 6. The number of aromatic nitrogens is 2. The SMILES string of the molecule is CCOc1cc(NN)nc(COC)n1. The summed E-state index contributed by atoms with van der Waals surface area (Å²) >= 11 is 0. The molecule has 1 aromatic rings. The number of methoxy groups -OCH3 is 1. The maximum Gasteiger partial charge on any atom is 0.218 e. The zero-order valence-corrected chi connectivity index (χ0v) is 8.28. The molecule has 3 N–H and O–H groups in total. The van der Waals surface area contributed by atoms with Gasteiger partial charge in [-0.25, -0.2) is 10.8 Å². The number of anilines is 1. The molecule has 0 saturated carbocycles. The van der Waals surface area contributed by atoms with Gasteiger partial charge in [-0.15, -0.1) is 0 Å². The summed E-state index contributed by atoms with van der Waals surface area (Å²) < 4.78 is 10.1. The minimum absolute atomic E-state index is 0.329. The first kappa shape index (κ1) is 10.7. The van der Waals surface area contributed by atoms with Crippen LogP contribution < -0.4 is 16.0 Å². The molecule has 0 atom stereocenters. The third-order valence-electron chi connectivity index (χ3n) is 1.46. The molecule has 6 nitrogen and oxygen atoms in total. The molecule has 0 aromatic carbocycles. The van der Waals surface area contributed by atoms with Crippen LogP contribution >= 0.6 is 0 Å². The lowest BCUT2D eigenvalue weighted by atomic mass is 10.5. The second-order valence-corrected chi connectivity index (χ2v) is 2.52. The van der Waals surface area contributed by atoms with Gasteiger partial charge in [-0.3, -0.25) is 0 Å². The van der Waals surface area contributed by atoms with E-state index in [2.05, 4.69) is 15.4 Å². The predicted molar refractivity (Wildman–Crippen MR) is 51.7 cm³/mol. The van der Waals surface area contributed by atoms with E-state index in [1.807, 2.05) is 6.92 Å². The number of rotatable bonds is 5. The van der Waals surface area contributed by atoms with Crippen LogP contribution in [0.1, 0.15) is 12.7 Å². The van der Waals surface area contributed by atoms with Crippen molar-refractivity contribution in [3.8, 4) is 5.88 Å². The number of nitrogens with zero attached hydrogens (tertiary/aromatic N) is 2. The molecule has 1 heterocycles. The van der Waals surface area contributed by atoms with E-state index in [4.69, 9.17) is 15.3 Å². The zero-order valence-electron chi connectivity index (χ0n) is 8.28. The van der Waals surface area contributed by atoms with E-state index in [0.717, 1.165) is 0 Å². The molecule has 0 saturated heterocycles. The van der Waals surface area contributed by atoms with Crippen molar-refractivity contribution in [3.05, 3.63) is 11.9 Å². The van der Waals surface area contributed by atoms with Crippen LogP contribution in [0.15, 0.2) is 6.07 Å². The normalized spacial score (nSPS) is 9.93. The molecule has 0 aliphatic rings. The van der Waals surface area contributed by atoms with Crippen molar-refractivity contribution >= 4 is 5.82 Å². The van der Waals surface area contributed by atoms with Crippen LogP contribution in [-0.2, 0) is 11.3 Å². The second kappa shape index (κ2) is 5.36. The fraction of sp³-hybridized carbons (Fsp3) is 0.500. The Morgan fingerprint density at radius 2 is 2.29 bits per heavy atom. The molecule has 14 heavy (non-hydrogen) atoms. The molecule has 6 heteroatoms. The van der Waals surface area contributed by atoms with Crippen LogP contribution in [0.3, 0.4) is 0 Å². The molecule has 0 radical (unpaired) electrons. The van der Waals surface area contributed by atoms with Crippen LogP contribution in [0, 0.1) is 0 Å². The largest absolute Gasteiger partial charge is 0.478 e. The fourth-order valence-electron chi connectivity index (χ4n) is 0.962. The Hall–Kier alpha value is -1.40. The molecular formula is C8H14N4O2. The van der Waals surface area contributed by atoms with Crippen LogP contribution in [0.25, 0.3) is 0 Å². The maximum absolute atomic E-state index is 5.24. The van der Waals surface area contributed by atoms with Gasteiger partial charge in [0.05, 0.1) is 6.61 Å². The average Bonchev–Trinajstić information content (AvgIpc) is 2.18. The van der Waals surface area contributed by atoms with Gasteiger partial charge in [-0.2, -0.15) is 4.98 Å². The van der Waals surface area contributed by atoms with Gasteiger partial charge < -0.3 is 14.9 Å². The third-order valence-corrected chi connectivity index (χ3v) is 1.46. The van der Waals surface area contributed by atoms with Crippen LogP contribution in [0.4, 0.5) is 5.82 Å². The van der Waals surface area contributed by atoms with E-state index in [1.54, 1.807) is 13.2 Å². The smallest absolute Gasteiger partial charge is 0.218 e. The highest BCUT2D eigenvalue weighted by molar-refractivity contribution is 5.36. The predicted octanol–water partition coefficient (Wildman–Crippen LogP) is 0.307. The molecule has 0 unspecified atom stereocenters. The van der Waals surface area contributed by atoms with Gasteiger partial charge in [0.1, 0.15) is 12.4 Å². The van der Waals surface area contributed by atoms with Gasteiger partial charge in [0.25, 0.3) is 0 Å². The summed E-state index contributed by atoms with van der Waals surface area (Å²) in [5.74, 6) is 6.78. The van der Waals surface area contributed by atoms with E-state index in [1.165, 1.54) is 0 Å². The van der Waals surface area contributed by atoms with Crippen molar-refractivity contribution in [2.75, 3.05) is 19.1 Å². The van der Waals surface area contributed by atoms with E-state index < -0.39 is 0 Å². The lowest BCUT2D eigenvalue weighted by Crippen LogP contribution is -2.11. The number of nitrogens with two attached hydrogens (primary N) is 1. The highest BCUT2D eigenvalue weighted by atomic mass is 16.5. The molecule has 0 aliphatic carbocycles. The molecule has 1 rings (SSSR count). The highest BCUT2D eigenvalue weighted by Gasteiger charge is 2.03. The Labute approximate surface area is 82.4 Å². The van der Waals surface area contributed by atoms with Gasteiger partial charge in [0, 0.05) is 13.2 Å². The Bertz CT molecular complexity index is 268. The Morgan fingerprint density at radius 1 is 1.50 bits per heavy atom. The zero-order chi connectivity index (χ0) is 10.4. The number of hydrogen-bond donors (Lipinski definition) is 2. The molecule has 0 bridgehead atoms. The van der Waals surface area contributed by atoms with E-state index in [9.17, 15) is 0 Å². The van der Waals surface area contributed by atoms with E-state index in [0.29, 0.717) is 30.7 Å². The summed E-state index contributed by atoms with van der Waals surface area (Å²) in [6.07, 6.45) is 0. The first-order chi connectivity index (χ1) is 6.80. The standard InChI is InChI=1S/C8H14N4O2/c1-3-14-8-4-6(12-9)10-7(11-8)5-13-2/h4H,3,5,9H2,1-2H3,(H,10,11,12). The number of nitrogens with one attached hydrogen (secondary N) is 1. The van der Waals surface area contributed by atoms with Gasteiger partial charge in [-0.1, -0.05) is 0 Å². The summed E-state index contributed by atoms with van der Waals surface area (Å²) in [5.41, 5.74) is 2.44. The lowest BCUT2D eigenvalue weighted by molar-refractivity contribution is 0.176. The maximum atomic E-state index is 5.24. The Balaban J connectivity index is 2.88. The molecule has 0 amide bonds. The lowest BCUT2D eigenvalue weighted by Gasteiger charge is -2.06. The van der Waals surface area contributed by atoms with Crippen molar-refractivity contribution in [2.45, 2.75) is 13.5 Å². The van der Waals surface area contributed by atoms with Crippen LogP contribution in [0.5, 0.6) is 5.88 Å². The van der Waals surface area contributed by atoms with Crippen LogP contribution in [-0.4, -0.2) is 23.7 Å². The van der Waals surface area contributed by atoms with Crippen molar-refractivity contribution in [1.29, 1.82) is 0 Å². The van der Waals surface area contributed by atoms with Crippen molar-refractivity contribution in [1.82, 2.24) is 9.97 Å². The Morgan fingerprint density at radius 3 is 2.86 bits per heavy atom. The average molecular weight is 198 g/mol. The minimum Gasteiger partial charge on any atom is -0.478 e.